The molecule has 0 fully saturated rings. The van der Waals surface area contributed by atoms with Crippen molar-refractivity contribution in [3.8, 4) is 5.75 Å². The molecule has 0 radical (unpaired) electrons. The Kier molecular flexibility index (Phi) is 9.89. The molecule has 0 atom stereocenters. The van der Waals surface area contributed by atoms with E-state index in [1.807, 2.05) is 0 Å². The van der Waals surface area contributed by atoms with E-state index < -0.39 is 37.1 Å². The molecule has 4 amide bonds. The number of phenolic OH excluding ortho intramolecular Hbond substituents is 1. The van der Waals surface area contributed by atoms with Gasteiger partial charge in [0.15, 0.2) is 0 Å². The topological polar surface area (TPSA) is 93.7 Å². The average molecular weight is 509 g/mol. The number of para-hydroxylation sites is 1. The van der Waals surface area contributed by atoms with Gasteiger partial charge in [-0.25, -0.2) is 14.0 Å². The third-order valence-electron chi connectivity index (χ3n) is 5.04. The van der Waals surface area contributed by atoms with Gasteiger partial charge in [0.2, 0.25) is 0 Å². The highest BCUT2D eigenvalue weighted by Crippen LogP contribution is 2.21. The zero-order chi connectivity index (χ0) is 26.9. The number of halogens is 4. The molecule has 36 heavy (non-hydrogen) atoms. The van der Waals surface area contributed by atoms with Crippen LogP contribution >= 0.6 is 0 Å². The van der Waals surface area contributed by atoms with E-state index in [-0.39, 0.29) is 24.5 Å². The van der Waals surface area contributed by atoms with Crippen LogP contribution in [-0.2, 0) is 6.54 Å². The number of nitrogens with zero attached hydrogens (tertiary/aromatic N) is 1. The molecule has 0 aliphatic heterocycles. The molecule has 11 heteroatoms. The Bertz CT molecular complexity index is 1230. The van der Waals surface area contributed by atoms with Crippen LogP contribution < -0.4 is 26.4 Å². The second kappa shape index (κ2) is 12.6. The molecule has 0 bridgehead atoms. The third kappa shape index (κ3) is 8.97. The summed E-state index contributed by atoms with van der Waals surface area (Å²) in [4.78, 5) is 25.0. The Labute approximate surface area is 205 Å². The molecule has 2 aromatic carbocycles. The van der Waals surface area contributed by atoms with Gasteiger partial charge in [-0.2, -0.15) is 13.2 Å². The van der Waals surface area contributed by atoms with Crippen LogP contribution in [0.15, 0.2) is 48.7 Å². The van der Waals surface area contributed by atoms with Gasteiger partial charge in [-0.05, 0) is 48.1 Å². The second-order valence-corrected chi connectivity index (χ2v) is 7.89. The first-order valence-corrected chi connectivity index (χ1v) is 10.9. The second-order valence-electron chi connectivity index (χ2n) is 7.89. The summed E-state index contributed by atoms with van der Waals surface area (Å²) in [6.07, 6.45) is -1.46. The number of carbonyl (C=O) groups is 2. The maximum atomic E-state index is 13.5. The number of alkyl halides is 3. The minimum atomic E-state index is -4.66. The maximum absolute atomic E-state index is 13.5. The van der Waals surface area contributed by atoms with Crippen molar-refractivity contribution in [2.24, 2.45) is 0 Å². The summed E-state index contributed by atoms with van der Waals surface area (Å²) < 4.78 is 52.5. The normalized spacial score (nSPS) is 12.3. The van der Waals surface area contributed by atoms with Crippen molar-refractivity contribution in [2.45, 2.75) is 26.6 Å². The molecule has 0 spiro atoms. The Morgan fingerprint density at radius 2 is 1.86 bits per heavy atom. The Morgan fingerprint density at radius 3 is 2.53 bits per heavy atom. The number of benzene rings is 2. The van der Waals surface area contributed by atoms with Crippen LogP contribution in [0.25, 0.3) is 12.2 Å². The molecular weight excluding hydrogens is 480 g/mol. The molecule has 0 heterocycles. The van der Waals surface area contributed by atoms with Gasteiger partial charge >= 0.3 is 18.2 Å². The smallest absolute Gasteiger partial charge is 0.406 e. The van der Waals surface area contributed by atoms with Crippen LogP contribution in [0.1, 0.15) is 18.1 Å². The van der Waals surface area contributed by atoms with Crippen molar-refractivity contribution in [2.75, 3.05) is 19.6 Å². The molecule has 4 N–H and O–H groups in total. The van der Waals surface area contributed by atoms with Crippen molar-refractivity contribution < 1.29 is 32.3 Å². The molecule has 2 rings (SSSR count). The Balaban J connectivity index is 1.95. The van der Waals surface area contributed by atoms with Crippen LogP contribution in [0.5, 0.6) is 5.75 Å². The van der Waals surface area contributed by atoms with E-state index in [0.29, 0.717) is 26.5 Å². The largest absolute Gasteiger partial charge is 0.507 e. The molecule has 7 nitrogen and oxygen atoms in total. The summed E-state index contributed by atoms with van der Waals surface area (Å²) in [7, 11) is 0. The van der Waals surface area contributed by atoms with Crippen molar-refractivity contribution in [3.63, 3.8) is 0 Å². The number of urea groups is 2. The van der Waals surface area contributed by atoms with Crippen molar-refractivity contribution >= 4 is 24.2 Å². The van der Waals surface area contributed by atoms with Crippen molar-refractivity contribution in [1.82, 2.24) is 20.9 Å². The van der Waals surface area contributed by atoms with Gasteiger partial charge in [0.1, 0.15) is 18.1 Å². The number of aryl methyl sites for hydroxylation is 1. The summed E-state index contributed by atoms with van der Waals surface area (Å²) in [5.74, 6) is -0.525. The van der Waals surface area contributed by atoms with Crippen LogP contribution in [-0.4, -0.2) is 47.9 Å². The van der Waals surface area contributed by atoms with E-state index in [2.05, 4.69) is 22.5 Å². The van der Waals surface area contributed by atoms with Gasteiger partial charge in [-0.15, -0.1) is 0 Å². The van der Waals surface area contributed by atoms with Gasteiger partial charge in [0.25, 0.3) is 0 Å². The minimum Gasteiger partial charge on any atom is -0.507 e. The van der Waals surface area contributed by atoms with E-state index >= 15 is 0 Å². The van der Waals surface area contributed by atoms with E-state index in [1.165, 1.54) is 24.3 Å². The molecule has 194 valence electrons. The van der Waals surface area contributed by atoms with Crippen molar-refractivity contribution in [3.05, 3.63) is 76.1 Å². The third-order valence-corrected chi connectivity index (χ3v) is 5.04. The summed E-state index contributed by atoms with van der Waals surface area (Å²) >= 11 is 0. The monoisotopic (exact) mass is 508 g/mol. The highest BCUT2D eigenvalue weighted by molar-refractivity contribution is 5.78. The van der Waals surface area contributed by atoms with Gasteiger partial charge in [0, 0.05) is 30.9 Å². The first kappa shape index (κ1) is 28.2. The van der Waals surface area contributed by atoms with Gasteiger partial charge in [0.05, 0.1) is 0 Å². The fourth-order valence-corrected chi connectivity index (χ4v) is 3.27. The standard InChI is InChI=1S/C25H28F4N4O3/c1-4-18-8-9-21(26)13-20(18)12-17(3)32-23(35)30-10-11-33(15-25(27,28)29)24(36)31-14-19-7-5-6-16(2)22(19)34/h4-9,12-13,34H,3,10-11,14-15H2,1-2H3,(H,31,36)(H2,30,32,35)/b18-4-,20-12-. The minimum absolute atomic E-state index is 0.0577. The lowest BCUT2D eigenvalue weighted by molar-refractivity contribution is -0.139. The van der Waals surface area contributed by atoms with Crippen molar-refractivity contribution in [1.29, 1.82) is 0 Å². The molecule has 2 aromatic rings. The molecule has 0 saturated heterocycles. The highest BCUT2D eigenvalue weighted by atomic mass is 19.4. The summed E-state index contributed by atoms with van der Waals surface area (Å²) in [5.41, 5.74) is 1.04. The van der Waals surface area contributed by atoms with Gasteiger partial charge in [-0.3, -0.25) is 0 Å². The molecule has 0 aromatic heterocycles. The summed E-state index contributed by atoms with van der Waals surface area (Å²) in [6, 6.07) is 7.19. The lowest BCUT2D eigenvalue weighted by Crippen LogP contribution is -2.48. The first-order chi connectivity index (χ1) is 16.9. The molecular formula is C25H28F4N4O3. The summed E-state index contributed by atoms with van der Waals surface area (Å²) in [6.45, 7) is 4.66. The SMILES string of the molecule is C=C(/C=c1/cc(F)cc/c1=C/C)NC(=O)NCCN(CC(F)(F)F)C(=O)NCc1cccc(C)c1O. The Morgan fingerprint density at radius 1 is 1.14 bits per heavy atom. The van der Waals surface area contributed by atoms with Crippen LogP contribution in [0.2, 0.25) is 0 Å². The fraction of sp³-hybridized carbons (Fsp3) is 0.280. The van der Waals surface area contributed by atoms with Crippen LogP contribution in [0, 0.1) is 12.7 Å². The number of hydrogen-bond donors (Lipinski definition) is 4. The maximum Gasteiger partial charge on any atom is 0.406 e. The number of allylic oxidation sites excluding steroid dienone is 1. The van der Waals surface area contributed by atoms with E-state index in [9.17, 15) is 32.3 Å². The number of hydrogen-bond acceptors (Lipinski definition) is 3. The first-order valence-electron chi connectivity index (χ1n) is 10.9. The average Bonchev–Trinajstić information content (AvgIpc) is 2.78. The number of aromatic hydroxyl groups is 1. The van der Waals surface area contributed by atoms with E-state index in [4.69, 9.17) is 0 Å². The molecule has 0 unspecified atom stereocenters. The lowest BCUT2D eigenvalue weighted by atomic mass is 10.1. The molecule has 0 aliphatic rings. The predicted molar refractivity (Wildman–Crippen MR) is 129 cm³/mol. The fourth-order valence-electron chi connectivity index (χ4n) is 3.27. The zero-order valence-corrected chi connectivity index (χ0v) is 19.9. The lowest BCUT2D eigenvalue weighted by Gasteiger charge is -2.24. The van der Waals surface area contributed by atoms with Crippen LogP contribution in [0.4, 0.5) is 27.2 Å². The number of carbonyl (C=O) groups excluding carboxylic acids is 2. The quantitative estimate of drug-likeness (QED) is 0.413. The number of rotatable bonds is 8. The van der Waals surface area contributed by atoms with E-state index in [1.54, 1.807) is 38.1 Å². The van der Waals surface area contributed by atoms with Gasteiger partial charge < -0.3 is 26.0 Å². The van der Waals surface area contributed by atoms with Gasteiger partial charge in [-0.1, -0.05) is 36.9 Å². The predicted octanol–water partition coefficient (Wildman–Crippen LogP) is 3.01. The number of phenols is 1. The number of amides is 4. The Hall–Kier alpha value is -4.02. The molecule has 0 saturated carbocycles. The highest BCUT2D eigenvalue weighted by Gasteiger charge is 2.33. The summed E-state index contributed by atoms with van der Waals surface area (Å²) in [5, 5.41) is 18.3. The zero-order valence-electron chi connectivity index (χ0n) is 19.9. The van der Waals surface area contributed by atoms with Crippen LogP contribution in [0.3, 0.4) is 0 Å². The number of nitrogens with one attached hydrogen (secondary N) is 3. The van der Waals surface area contributed by atoms with E-state index in [0.717, 1.165) is 0 Å². The molecule has 0 aliphatic carbocycles.